The van der Waals surface area contributed by atoms with Gasteiger partial charge in [-0.2, -0.15) is 13.2 Å². The van der Waals surface area contributed by atoms with Gasteiger partial charge < -0.3 is 9.52 Å². The van der Waals surface area contributed by atoms with Gasteiger partial charge in [-0.15, -0.1) is 0 Å². The van der Waals surface area contributed by atoms with E-state index in [1.165, 1.54) is 12.1 Å². The van der Waals surface area contributed by atoms with E-state index in [0.29, 0.717) is 17.4 Å². The molecule has 1 heterocycles. The van der Waals surface area contributed by atoms with Crippen LogP contribution in [0.5, 0.6) is 0 Å². The lowest BCUT2D eigenvalue weighted by Gasteiger charge is -2.11. The summed E-state index contributed by atoms with van der Waals surface area (Å²) in [5, 5.41) is 8.94. The first-order valence-electron chi connectivity index (χ1n) is 7.46. The highest BCUT2D eigenvalue weighted by Gasteiger charge is 2.35. The van der Waals surface area contributed by atoms with Crippen molar-refractivity contribution in [1.29, 1.82) is 0 Å². The van der Waals surface area contributed by atoms with Crippen LogP contribution < -0.4 is 0 Å². The van der Waals surface area contributed by atoms with Crippen molar-refractivity contribution in [2.45, 2.75) is 19.0 Å². The Bertz CT molecular complexity index is 992. The minimum atomic E-state index is -4.83. The van der Waals surface area contributed by atoms with E-state index < -0.39 is 28.5 Å². The van der Waals surface area contributed by atoms with Crippen LogP contribution in [0.15, 0.2) is 40.8 Å². The number of aromatic carboxylic acids is 1. The summed E-state index contributed by atoms with van der Waals surface area (Å²) < 4.78 is 57.3. The molecule has 0 bridgehead atoms. The molecular formula is C18H11ClF4O3. The number of carboxylic acid groups (broad SMARTS) is 1. The van der Waals surface area contributed by atoms with Crippen molar-refractivity contribution < 1.29 is 31.9 Å². The summed E-state index contributed by atoms with van der Waals surface area (Å²) >= 11 is 5.57. The van der Waals surface area contributed by atoms with Crippen LogP contribution in [0.3, 0.4) is 0 Å². The molecule has 0 atom stereocenters. The molecule has 0 aliphatic rings. The molecule has 1 aromatic heterocycles. The number of carboxylic acids is 1. The SMILES string of the molecule is O=C(O)c1cc2ccc(CCc3cc(Cl)c(F)c(C(F)(F)F)c3)cc2o1. The predicted molar refractivity (Wildman–Crippen MR) is 87.0 cm³/mol. The van der Waals surface area contributed by atoms with Crippen LogP contribution in [0, 0.1) is 5.82 Å². The van der Waals surface area contributed by atoms with E-state index >= 15 is 0 Å². The largest absolute Gasteiger partial charge is 0.475 e. The fourth-order valence-electron chi connectivity index (χ4n) is 2.62. The Labute approximate surface area is 149 Å². The Morgan fingerprint density at radius 3 is 2.42 bits per heavy atom. The molecule has 0 radical (unpaired) electrons. The molecule has 0 spiro atoms. The van der Waals surface area contributed by atoms with Gasteiger partial charge in [-0.25, -0.2) is 9.18 Å². The third-order valence-corrected chi connectivity index (χ3v) is 4.17. The number of alkyl halides is 3. The second-order valence-electron chi connectivity index (χ2n) is 5.72. The number of hydrogen-bond acceptors (Lipinski definition) is 2. The van der Waals surface area contributed by atoms with Crippen molar-refractivity contribution >= 4 is 28.5 Å². The van der Waals surface area contributed by atoms with Gasteiger partial charge in [-0.3, -0.25) is 0 Å². The van der Waals surface area contributed by atoms with E-state index in [2.05, 4.69) is 0 Å². The second-order valence-corrected chi connectivity index (χ2v) is 6.13. The van der Waals surface area contributed by atoms with Crippen LogP contribution in [-0.2, 0) is 19.0 Å². The van der Waals surface area contributed by atoms with E-state index in [0.717, 1.165) is 11.6 Å². The van der Waals surface area contributed by atoms with Crippen LogP contribution in [0.25, 0.3) is 11.0 Å². The Hall–Kier alpha value is -2.54. The maximum atomic E-state index is 13.6. The van der Waals surface area contributed by atoms with Gasteiger partial charge in [0.2, 0.25) is 5.76 Å². The number of fused-ring (bicyclic) bond motifs is 1. The topological polar surface area (TPSA) is 50.4 Å². The first kappa shape index (κ1) is 18.3. The van der Waals surface area contributed by atoms with Gasteiger partial charge in [0.1, 0.15) is 5.58 Å². The Kier molecular flexibility index (Phi) is 4.66. The maximum absolute atomic E-state index is 13.6. The minimum absolute atomic E-state index is 0.196. The lowest BCUT2D eigenvalue weighted by Crippen LogP contribution is -2.09. The van der Waals surface area contributed by atoms with Crippen molar-refractivity contribution in [3.63, 3.8) is 0 Å². The zero-order valence-electron chi connectivity index (χ0n) is 13.0. The molecule has 0 amide bonds. The third-order valence-electron chi connectivity index (χ3n) is 3.89. The van der Waals surface area contributed by atoms with Gasteiger partial charge in [0.15, 0.2) is 5.82 Å². The van der Waals surface area contributed by atoms with E-state index in [1.807, 2.05) is 0 Å². The first-order valence-corrected chi connectivity index (χ1v) is 7.84. The van der Waals surface area contributed by atoms with Crippen LogP contribution in [0.2, 0.25) is 5.02 Å². The number of furan rings is 1. The Morgan fingerprint density at radius 2 is 1.77 bits per heavy atom. The highest BCUT2D eigenvalue weighted by Crippen LogP contribution is 2.35. The molecule has 26 heavy (non-hydrogen) atoms. The summed E-state index contributed by atoms with van der Waals surface area (Å²) in [7, 11) is 0. The minimum Gasteiger partial charge on any atom is -0.475 e. The molecule has 1 N–H and O–H groups in total. The lowest BCUT2D eigenvalue weighted by atomic mass is 10.0. The van der Waals surface area contributed by atoms with Gasteiger partial charge in [0.05, 0.1) is 10.6 Å². The normalized spacial score (nSPS) is 11.9. The molecule has 3 rings (SSSR count). The van der Waals surface area contributed by atoms with Gasteiger partial charge in [0.25, 0.3) is 0 Å². The number of benzene rings is 2. The standard InChI is InChI=1S/C18H11ClF4O3/c19-13-6-10(5-12(16(13)20)18(21,22)23)2-1-9-3-4-11-8-15(17(24)25)26-14(11)7-9/h3-8H,1-2H2,(H,24,25). The number of hydrogen-bond donors (Lipinski definition) is 1. The molecule has 136 valence electrons. The molecule has 0 saturated carbocycles. The number of carbonyl (C=O) groups is 1. The van der Waals surface area contributed by atoms with Crippen LogP contribution in [0.4, 0.5) is 17.6 Å². The first-order chi connectivity index (χ1) is 12.1. The quantitative estimate of drug-likeness (QED) is 0.583. The van der Waals surface area contributed by atoms with E-state index in [-0.39, 0.29) is 17.7 Å². The molecule has 0 fully saturated rings. The number of rotatable bonds is 4. The van der Waals surface area contributed by atoms with Crippen LogP contribution in [0.1, 0.15) is 27.2 Å². The molecule has 2 aromatic carbocycles. The molecule has 0 aliphatic heterocycles. The zero-order valence-corrected chi connectivity index (χ0v) is 13.8. The van der Waals surface area contributed by atoms with Gasteiger partial charge >= 0.3 is 12.1 Å². The Morgan fingerprint density at radius 1 is 1.08 bits per heavy atom. The van der Waals surface area contributed by atoms with E-state index in [9.17, 15) is 22.4 Å². The number of aryl methyl sites for hydroxylation is 2. The molecule has 0 unspecified atom stereocenters. The Balaban J connectivity index is 1.84. The van der Waals surface area contributed by atoms with Crippen molar-refractivity contribution in [2.24, 2.45) is 0 Å². The fraction of sp³-hybridized carbons (Fsp3) is 0.167. The summed E-state index contributed by atoms with van der Waals surface area (Å²) in [6, 6.07) is 8.31. The summed E-state index contributed by atoms with van der Waals surface area (Å²) in [5.41, 5.74) is -0.0482. The number of halogens is 5. The van der Waals surface area contributed by atoms with Crippen molar-refractivity contribution in [3.05, 3.63) is 69.7 Å². The van der Waals surface area contributed by atoms with Crippen LogP contribution in [-0.4, -0.2) is 11.1 Å². The third kappa shape index (κ3) is 3.67. The smallest absolute Gasteiger partial charge is 0.419 e. The molecule has 8 heteroatoms. The van der Waals surface area contributed by atoms with Gasteiger partial charge in [-0.1, -0.05) is 23.7 Å². The molecular weight excluding hydrogens is 376 g/mol. The highest BCUT2D eigenvalue weighted by atomic mass is 35.5. The van der Waals surface area contributed by atoms with Gasteiger partial charge in [-0.05, 0) is 48.2 Å². The summed E-state index contributed by atoms with van der Waals surface area (Å²) in [4.78, 5) is 10.9. The fourth-order valence-corrected chi connectivity index (χ4v) is 2.86. The second kappa shape index (κ2) is 6.64. The lowest BCUT2D eigenvalue weighted by molar-refractivity contribution is -0.140. The highest BCUT2D eigenvalue weighted by molar-refractivity contribution is 6.30. The summed E-state index contributed by atoms with van der Waals surface area (Å²) in [6.45, 7) is 0. The monoisotopic (exact) mass is 386 g/mol. The van der Waals surface area contributed by atoms with Crippen molar-refractivity contribution in [3.8, 4) is 0 Å². The molecule has 0 saturated heterocycles. The molecule has 3 nitrogen and oxygen atoms in total. The molecule has 3 aromatic rings. The average Bonchev–Trinajstić information content (AvgIpc) is 2.98. The zero-order chi connectivity index (χ0) is 19.1. The van der Waals surface area contributed by atoms with Crippen molar-refractivity contribution in [2.75, 3.05) is 0 Å². The van der Waals surface area contributed by atoms with E-state index in [1.54, 1.807) is 18.2 Å². The summed E-state index contributed by atoms with van der Waals surface area (Å²) in [6.07, 6.45) is -4.29. The van der Waals surface area contributed by atoms with E-state index in [4.69, 9.17) is 21.1 Å². The predicted octanol–water partition coefficient (Wildman–Crippen LogP) is 5.73. The van der Waals surface area contributed by atoms with Crippen molar-refractivity contribution in [1.82, 2.24) is 0 Å². The maximum Gasteiger partial charge on any atom is 0.419 e. The average molecular weight is 387 g/mol. The van der Waals surface area contributed by atoms with Crippen LogP contribution >= 0.6 is 11.6 Å². The molecule has 0 aliphatic carbocycles. The summed E-state index contributed by atoms with van der Waals surface area (Å²) in [5.74, 6) is -2.87. The van der Waals surface area contributed by atoms with Gasteiger partial charge in [0, 0.05) is 5.39 Å².